The molecule has 0 unspecified atom stereocenters. The first kappa shape index (κ1) is 33.4. The molecule has 0 bridgehead atoms. The van der Waals surface area contributed by atoms with Crippen molar-refractivity contribution >= 4 is 50.7 Å². The lowest BCUT2D eigenvalue weighted by atomic mass is 10.0. The van der Waals surface area contributed by atoms with Gasteiger partial charge in [0.25, 0.3) is 0 Å². The summed E-state index contributed by atoms with van der Waals surface area (Å²) in [7, 11) is -3.68. The van der Waals surface area contributed by atoms with E-state index in [-0.39, 0.29) is 44.5 Å². The van der Waals surface area contributed by atoms with Crippen LogP contribution in [0.2, 0.25) is 10.0 Å². The Bertz CT molecular complexity index is 1550. The number of hydrogen-bond donors (Lipinski definition) is 1. The molecule has 0 fully saturated rings. The van der Waals surface area contributed by atoms with E-state index in [1.54, 1.807) is 36.4 Å². The summed E-state index contributed by atoms with van der Waals surface area (Å²) in [5.41, 5.74) is 1.95. The third-order valence-electron chi connectivity index (χ3n) is 7.25. The minimum Gasteiger partial charge on any atom is -0.454 e. The van der Waals surface area contributed by atoms with Gasteiger partial charge in [0, 0.05) is 48.6 Å². The van der Waals surface area contributed by atoms with Gasteiger partial charge >= 0.3 is 0 Å². The predicted octanol–water partition coefficient (Wildman–Crippen LogP) is 5.82. The molecule has 3 aromatic rings. The van der Waals surface area contributed by atoms with Crippen molar-refractivity contribution in [2.24, 2.45) is 0 Å². The number of ether oxygens (including phenoxy) is 2. The van der Waals surface area contributed by atoms with Crippen LogP contribution in [0.4, 0.5) is 5.69 Å². The summed E-state index contributed by atoms with van der Waals surface area (Å²) in [6.45, 7) is 2.71. The first-order valence-corrected chi connectivity index (χ1v) is 17.1. The number of nitrogens with one attached hydrogen (secondary N) is 1. The quantitative estimate of drug-likeness (QED) is 0.206. The summed E-state index contributed by atoms with van der Waals surface area (Å²) in [4.78, 5) is 29.1. The molecular formula is C32H37Cl2N3O6S. The molecule has 0 spiro atoms. The van der Waals surface area contributed by atoms with Crippen molar-refractivity contribution in [3.8, 4) is 11.5 Å². The highest BCUT2D eigenvalue weighted by Crippen LogP contribution is 2.36. The molecule has 236 valence electrons. The maximum absolute atomic E-state index is 14.0. The van der Waals surface area contributed by atoms with Gasteiger partial charge in [-0.2, -0.15) is 0 Å². The van der Waals surface area contributed by atoms with Crippen LogP contribution in [0, 0.1) is 0 Å². The lowest BCUT2D eigenvalue weighted by molar-refractivity contribution is -0.141. The van der Waals surface area contributed by atoms with Gasteiger partial charge < -0.3 is 19.7 Å². The summed E-state index contributed by atoms with van der Waals surface area (Å²) >= 11 is 12.6. The van der Waals surface area contributed by atoms with Crippen molar-refractivity contribution < 1.29 is 27.5 Å². The number of anilines is 1. The number of fused-ring (bicyclic) bond motifs is 1. The van der Waals surface area contributed by atoms with Crippen LogP contribution in [0.3, 0.4) is 0 Å². The average molecular weight is 663 g/mol. The largest absolute Gasteiger partial charge is 0.454 e. The minimum absolute atomic E-state index is 0.00465. The Morgan fingerprint density at radius 2 is 1.73 bits per heavy atom. The van der Waals surface area contributed by atoms with E-state index >= 15 is 0 Å². The number of amides is 2. The van der Waals surface area contributed by atoms with Crippen molar-refractivity contribution in [3.63, 3.8) is 0 Å². The molecule has 0 aliphatic carbocycles. The number of unbranched alkanes of at least 4 members (excludes halogenated alkanes) is 1. The molecule has 0 aromatic heterocycles. The second-order valence-corrected chi connectivity index (χ2v) is 13.3. The van der Waals surface area contributed by atoms with Gasteiger partial charge in [-0.3, -0.25) is 13.9 Å². The van der Waals surface area contributed by atoms with Crippen molar-refractivity contribution in [2.45, 2.75) is 51.6 Å². The lowest BCUT2D eigenvalue weighted by Gasteiger charge is -2.32. The molecule has 0 radical (unpaired) electrons. The summed E-state index contributed by atoms with van der Waals surface area (Å²) < 4.78 is 37.5. The molecule has 12 heteroatoms. The Morgan fingerprint density at radius 3 is 2.43 bits per heavy atom. The molecule has 44 heavy (non-hydrogen) atoms. The third-order valence-corrected chi connectivity index (χ3v) is 9.03. The maximum atomic E-state index is 14.0. The SMILES string of the molecule is CCCCNC(=O)[C@@H](Cc1ccccc1)N(Cc1ccc(Cl)cc1Cl)C(=O)CCCN(c1ccc2c(c1)OCO2)S(C)(=O)=O. The Balaban J connectivity index is 1.59. The van der Waals surface area contributed by atoms with Gasteiger partial charge in [0.05, 0.1) is 11.9 Å². The van der Waals surface area contributed by atoms with Crippen molar-refractivity contribution in [1.29, 1.82) is 0 Å². The zero-order valence-corrected chi connectivity index (χ0v) is 27.1. The summed E-state index contributed by atoms with van der Waals surface area (Å²) in [5.74, 6) is 0.423. The second-order valence-electron chi connectivity index (χ2n) is 10.6. The van der Waals surface area contributed by atoms with E-state index in [1.807, 2.05) is 37.3 Å². The molecule has 1 aliphatic rings. The van der Waals surface area contributed by atoms with Gasteiger partial charge in [-0.25, -0.2) is 8.42 Å². The Labute approximate surface area is 269 Å². The van der Waals surface area contributed by atoms with E-state index in [2.05, 4.69) is 5.32 Å². The summed E-state index contributed by atoms with van der Waals surface area (Å²) in [6, 6.07) is 18.6. The minimum atomic E-state index is -3.68. The molecule has 0 saturated heterocycles. The fourth-order valence-corrected chi connectivity index (χ4v) is 6.36. The van der Waals surface area contributed by atoms with Gasteiger partial charge in [-0.1, -0.05) is 72.9 Å². The predicted molar refractivity (Wildman–Crippen MR) is 173 cm³/mol. The fourth-order valence-electron chi connectivity index (χ4n) is 4.94. The van der Waals surface area contributed by atoms with E-state index in [1.165, 1.54) is 9.21 Å². The van der Waals surface area contributed by atoms with E-state index in [9.17, 15) is 18.0 Å². The maximum Gasteiger partial charge on any atom is 0.243 e. The zero-order valence-electron chi connectivity index (χ0n) is 24.8. The van der Waals surface area contributed by atoms with Gasteiger partial charge in [0.15, 0.2) is 11.5 Å². The molecule has 1 N–H and O–H groups in total. The first-order chi connectivity index (χ1) is 21.1. The number of nitrogens with zero attached hydrogens (tertiary/aromatic N) is 2. The van der Waals surface area contributed by atoms with Gasteiger partial charge in [0.1, 0.15) is 6.04 Å². The molecule has 3 aromatic carbocycles. The summed E-state index contributed by atoms with van der Waals surface area (Å²) in [5, 5.41) is 3.83. The molecule has 1 heterocycles. The summed E-state index contributed by atoms with van der Waals surface area (Å²) in [6.07, 6.45) is 3.33. The number of sulfonamides is 1. The molecule has 1 aliphatic heterocycles. The Hall–Kier alpha value is -3.47. The number of carbonyl (C=O) groups is 2. The number of carbonyl (C=O) groups excluding carboxylic acids is 2. The van der Waals surface area contributed by atoms with Crippen LogP contribution >= 0.6 is 23.2 Å². The van der Waals surface area contributed by atoms with Crippen LogP contribution in [0.15, 0.2) is 66.7 Å². The fraction of sp³-hybridized carbons (Fsp3) is 0.375. The van der Waals surface area contributed by atoms with Gasteiger partial charge in [0.2, 0.25) is 28.6 Å². The third kappa shape index (κ3) is 9.03. The van der Waals surface area contributed by atoms with Gasteiger partial charge in [-0.05, 0) is 48.2 Å². The van der Waals surface area contributed by atoms with Gasteiger partial charge in [-0.15, -0.1) is 0 Å². The highest BCUT2D eigenvalue weighted by atomic mass is 35.5. The van der Waals surface area contributed by atoms with Crippen LogP contribution in [0.25, 0.3) is 0 Å². The number of hydrogen-bond acceptors (Lipinski definition) is 6. The highest BCUT2D eigenvalue weighted by molar-refractivity contribution is 7.92. The van der Waals surface area contributed by atoms with Crippen molar-refractivity contribution in [3.05, 3.63) is 87.9 Å². The van der Waals surface area contributed by atoms with Crippen molar-refractivity contribution in [2.75, 3.05) is 30.4 Å². The molecule has 9 nitrogen and oxygen atoms in total. The molecule has 1 atom stereocenters. The topological polar surface area (TPSA) is 105 Å². The smallest absolute Gasteiger partial charge is 0.243 e. The zero-order chi connectivity index (χ0) is 31.7. The van der Waals surface area contributed by atoms with Crippen LogP contribution < -0.4 is 19.1 Å². The van der Waals surface area contributed by atoms with E-state index in [0.717, 1.165) is 24.7 Å². The van der Waals surface area contributed by atoms with E-state index in [4.69, 9.17) is 32.7 Å². The van der Waals surface area contributed by atoms with Crippen molar-refractivity contribution in [1.82, 2.24) is 10.2 Å². The van der Waals surface area contributed by atoms with Crippen LogP contribution in [0.5, 0.6) is 11.5 Å². The average Bonchev–Trinajstić information content (AvgIpc) is 3.46. The van der Waals surface area contributed by atoms with Crippen LogP contribution in [-0.2, 0) is 32.6 Å². The number of benzene rings is 3. The molecule has 2 amide bonds. The highest BCUT2D eigenvalue weighted by Gasteiger charge is 2.31. The monoisotopic (exact) mass is 661 g/mol. The van der Waals surface area contributed by atoms with Crippen LogP contribution in [0.1, 0.15) is 43.7 Å². The standard InChI is InChI=1S/C32H37Cl2N3O6S/c1-3-4-16-35-32(39)28(18-23-9-6-5-7-10-23)36(21-24-12-13-25(33)19-27(24)34)31(38)11-8-17-37(44(2,40)41)26-14-15-29-30(20-26)43-22-42-29/h5-7,9-10,12-15,19-20,28H,3-4,8,11,16-18,21-22H2,1-2H3,(H,35,39)/t28-/m1/s1. The molecule has 0 saturated carbocycles. The second kappa shape index (κ2) is 15.5. The first-order valence-electron chi connectivity index (χ1n) is 14.5. The normalized spacial score (nSPS) is 12.9. The van der Waals surface area contributed by atoms with E-state index in [0.29, 0.717) is 45.8 Å². The number of rotatable bonds is 15. The Kier molecular flexibility index (Phi) is 11.8. The lowest BCUT2D eigenvalue weighted by Crippen LogP contribution is -2.50. The van der Waals surface area contributed by atoms with E-state index < -0.39 is 16.1 Å². The Morgan fingerprint density at radius 1 is 0.977 bits per heavy atom. The number of halogens is 2. The molecular weight excluding hydrogens is 625 g/mol. The molecule has 4 rings (SSSR count). The van der Waals surface area contributed by atoms with Crippen LogP contribution in [-0.4, -0.2) is 57.3 Å².